The summed E-state index contributed by atoms with van der Waals surface area (Å²) in [5, 5.41) is 9.00. The molecule has 0 spiro atoms. The third kappa shape index (κ3) is 1.68. The largest absolute Gasteiger partial charge is 0.356 e. The van der Waals surface area contributed by atoms with Crippen LogP contribution < -0.4 is 0 Å². The van der Waals surface area contributed by atoms with E-state index in [0.717, 1.165) is 5.56 Å². The van der Waals surface area contributed by atoms with Gasteiger partial charge in [0.05, 0.1) is 5.56 Å². The van der Waals surface area contributed by atoms with Gasteiger partial charge in [-0.1, -0.05) is 19.3 Å². The van der Waals surface area contributed by atoms with Crippen LogP contribution in [0.5, 0.6) is 0 Å². The van der Waals surface area contributed by atoms with Crippen molar-refractivity contribution in [1.29, 1.82) is 5.26 Å². The highest BCUT2D eigenvalue weighted by Gasteiger charge is 2.19. The normalized spacial score (nSPS) is 18.0. The molecule has 1 aromatic heterocycles. The molecule has 1 fully saturated rings. The highest BCUT2D eigenvalue weighted by Crippen LogP contribution is 2.34. The van der Waals surface area contributed by atoms with Crippen molar-refractivity contribution in [2.24, 2.45) is 7.05 Å². The molecule has 0 amide bonds. The Morgan fingerprint density at radius 3 is 2.64 bits per heavy atom. The number of nitrogens with zero attached hydrogens (tertiary/aromatic N) is 2. The van der Waals surface area contributed by atoms with Gasteiger partial charge in [-0.15, -0.1) is 0 Å². The van der Waals surface area contributed by atoms with E-state index < -0.39 is 0 Å². The molecule has 0 bridgehead atoms. The molecule has 0 saturated heterocycles. The number of aromatic nitrogens is 1. The standard InChI is InChI=1S/C12H16N2/c1-14-8-11(7-13)12(9-14)10-5-3-2-4-6-10/h8-10H,2-6H2,1H3. The molecule has 1 heterocycles. The van der Waals surface area contributed by atoms with Crippen molar-refractivity contribution < 1.29 is 0 Å². The van der Waals surface area contributed by atoms with Gasteiger partial charge in [-0.2, -0.15) is 5.26 Å². The van der Waals surface area contributed by atoms with Crippen LogP contribution in [0.15, 0.2) is 12.4 Å². The van der Waals surface area contributed by atoms with Crippen molar-refractivity contribution >= 4 is 0 Å². The fourth-order valence-electron chi connectivity index (χ4n) is 2.44. The summed E-state index contributed by atoms with van der Waals surface area (Å²) < 4.78 is 2.00. The lowest BCUT2D eigenvalue weighted by molar-refractivity contribution is 0.443. The fraction of sp³-hybridized carbons (Fsp3) is 0.583. The molecular formula is C12H16N2. The minimum atomic E-state index is 0.639. The van der Waals surface area contributed by atoms with E-state index in [1.807, 2.05) is 17.8 Å². The summed E-state index contributed by atoms with van der Waals surface area (Å²) in [6.07, 6.45) is 10.6. The molecule has 2 nitrogen and oxygen atoms in total. The monoisotopic (exact) mass is 188 g/mol. The van der Waals surface area contributed by atoms with E-state index in [4.69, 9.17) is 5.26 Å². The van der Waals surface area contributed by atoms with Gasteiger partial charge in [0, 0.05) is 19.4 Å². The molecule has 2 heteroatoms. The van der Waals surface area contributed by atoms with Crippen LogP contribution in [0.1, 0.15) is 49.1 Å². The van der Waals surface area contributed by atoms with Gasteiger partial charge in [-0.25, -0.2) is 0 Å². The van der Waals surface area contributed by atoms with Crippen LogP contribution in [0.4, 0.5) is 0 Å². The third-order valence-corrected chi connectivity index (χ3v) is 3.15. The summed E-state index contributed by atoms with van der Waals surface area (Å²) in [5.74, 6) is 0.639. The maximum Gasteiger partial charge on any atom is 0.101 e. The number of nitriles is 1. The predicted octanol–water partition coefficient (Wildman–Crippen LogP) is 2.94. The SMILES string of the molecule is Cn1cc(C#N)c(C2CCCCC2)c1. The van der Waals surface area contributed by atoms with Gasteiger partial charge in [0.15, 0.2) is 0 Å². The Labute approximate surface area is 85.2 Å². The van der Waals surface area contributed by atoms with Crippen molar-refractivity contribution in [3.63, 3.8) is 0 Å². The Bertz CT molecular complexity index is 351. The van der Waals surface area contributed by atoms with Crippen LogP contribution in [-0.2, 0) is 7.05 Å². The van der Waals surface area contributed by atoms with Crippen molar-refractivity contribution in [3.05, 3.63) is 23.5 Å². The van der Waals surface area contributed by atoms with Crippen molar-refractivity contribution in [1.82, 2.24) is 4.57 Å². The van der Waals surface area contributed by atoms with Crippen LogP contribution in [0, 0.1) is 11.3 Å². The van der Waals surface area contributed by atoms with E-state index in [0.29, 0.717) is 5.92 Å². The maximum atomic E-state index is 9.00. The summed E-state index contributed by atoms with van der Waals surface area (Å²) >= 11 is 0. The van der Waals surface area contributed by atoms with E-state index in [9.17, 15) is 0 Å². The minimum absolute atomic E-state index is 0.639. The summed E-state index contributed by atoms with van der Waals surface area (Å²) in [6, 6.07) is 2.29. The molecule has 0 aliphatic heterocycles. The highest BCUT2D eigenvalue weighted by atomic mass is 14.9. The molecule has 0 atom stereocenters. The Hall–Kier alpha value is -1.23. The van der Waals surface area contributed by atoms with Gasteiger partial charge >= 0.3 is 0 Å². The van der Waals surface area contributed by atoms with Gasteiger partial charge in [0.1, 0.15) is 6.07 Å². The zero-order valence-electron chi connectivity index (χ0n) is 8.66. The Balaban J connectivity index is 2.25. The van der Waals surface area contributed by atoms with E-state index in [1.54, 1.807) is 0 Å². The molecule has 74 valence electrons. The van der Waals surface area contributed by atoms with E-state index >= 15 is 0 Å². The van der Waals surface area contributed by atoms with E-state index in [1.165, 1.54) is 37.7 Å². The van der Waals surface area contributed by atoms with Crippen LogP contribution in [0.25, 0.3) is 0 Å². The van der Waals surface area contributed by atoms with Gasteiger partial charge < -0.3 is 4.57 Å². The van der Waals surface area contributed by atoms with Gasteiger partial charge in [-0.05, 0) is 24.3 Å². The van der Waals surface area contributed by atoms with E-state index in [-0.39, 0.29) is 0 Å². The second-order valence-corrected chi connectivity index (χ2v) is 4.24. The number of rotatable bonds is 1. The lowest BCUT2D eigenvalue weighted by Gasteiger charge is -2.20. The first-order valence-electron chi connectivity index (χ1n) is 5.37. The van der Waals surface area contributed by atoms with E-state index in [2.05, 4.69) is 12.3 Å². The van der Waals surface area contributed by atoms with Crippen LogP contribution in [0.3, 0.4) is 0 Å². The predicted molar refractivity (Wildman–Crippen MR) is 56.0 cm³/mol. The second kappa shape index (κ2) is 3.88. The molecule has 14 heavy (non-hydrogen) atoms. The Kier molecular flexibility index (Phi) is 2.58. The average Bonchev–Trinajstić information content (AvgIpc) is 2.61. The number of hydrogen-bond acceptors (Lipinski definition) is 1. The first-order valence-corrected chi connectivity index (χ1v) is 5.37. The molecule has 0 unspecified atom stereocenters. The van der Waals surface area contributed by atoms with Gasteiger partial charge in [0.25, 0.3) is 0 Å². The molecule has 0 aromatic carbocycles. The lowest BCUT2D eigenvalue weighted by Crippen LogP contribution is -2.04. The molecule has 0 radical (unpaired) electrons. The molecule has 0 N–H and O–H groups in total. The van der Waals surface area contributed by atoms with Crippen LogP contribution in [0.2, 0.25) is 0 Å². The summed E-state index contributed by atoms with van der Waals surface area (Å²) in [6.45, 7) is 0. The first-order chi connectivity index (χ1) is 6.81. The van der Waals surface area contributed by atoms with Crippen molar-refractivity contribution in [2.45, 2.75) is 38.0 Å². The molecule has 1 aromatic rings. The Morgan fingerprint density at radius 1 is 1.29 bits per heavy atom. The quantitative estimate of drug-likeness (QED) is 0.666. The van der Waals surface area contributed by atoms with Gasteiger partial charge in [-0.3, -0.25) is 0 Å². The zero-order valence-corrected chi connectivity index (χ0v) is 8.66. The minimum Gasteiger partial charge on any atom is -0.356 e. The Morgan fingerprint density at radius 2 is 2.00 bits per heavy atom. The first kappa shape index (κ1) is 9.33. The molecule has 1 aliphatic carbocycles. The summed E-state index contributed by atoms with van der Waals surface area (Å²) in [7, 11) is 1.99. The van der Waals surface area contributed by atoms with Crippen LogP contribution >= 0.6 is 0 Å². The fourth-order valence-corrected chi connectivity index (χ4v) is 2.44. The topological polar surface area (TPSA) is 28.7 Å². The molecule has 1 saturated carbocycles. The zero-order chi connectivity index (χ0) is 9.97. The van der Waals surface area contributed by atoms with Crippen LogP contribution in [-0.4, -0.2) is 4.57 Å². The third-order valence-electron chi connectivity index (χ3n) is 3.15. The van der Waals surface area contributed by atoms with Gasteiger partial charge in [0.2, 0.25) is 0 Å². The molecule has 1 aliphatic rings. The van der Waals surface area contributed by atoms with Crippen molar-refractivity contribution in [3.8, 4) is 6.07 Å². The summed E-state index contributed by atoms with van der Waals surface area (Å²) in [4.78, 5) is 0. The smallest absolute Gasteiger partial charge is 0.101 e. The second-order valence-electron chi connectivity index (χ2n) is 4.24. The maximum absolute atomic E-state index is 9.00. The van der Waals surface area contributed by atoms with Crippen molar-refractivity contribution in [2.75, 3.05) is 0 Å². The number of hydrogen-bond donors (Lipinski definition) is 0. The summed E-state index contributed by atoms with van der Waals surface area (Å²) in [5.41, 5.74) is 2.15. The molecule has 2 rings (SSSR count). The lowest BCUT2D eigenvalue weighted by atomic mass is 9.84. The average molecular weight is 188 g/mol. The highest BCUT2D eigenvalue weighted by molar-refractivity contribution is 5.38. The number of aryl methyl sites for hydroxylation is 1. The molecular weight excluding hydrogens is 172 g/mol.